The molecule has 0 aromatic heterocycles. The van der Waals surface area contributed by atoms with Gasteiger partial charge in [0.15, 0.2) is 5.78 Å². The van der Waals surface area contributed by atoms with Gasteiger partial charge in [0.2, 0.25) is 0 Å². The molecule has 0 bridgehead atoms. The van der Waals surface area contributed by atoms with E-state index in [4.69, 9.17) is 23.2 Å². The van der Waals surface area contributed by atoms with Crippen molar-refractivity contribution < 1.29 is 4.79 Å². The zero-order chi connectivity index (χ0) is 7.72. The average Bonchev–Trinajstić information content (AvgIpc) is 1.82. The Morgan fingerprint density at radius 1 is 1.40 bits per heavy atom. The molecule has 10 heavy (non-hydrogen) atoms. The molecule has 1 nitrogen and oxygen atoms in total. The molecule has 56 valence electrons. The summed E-state index contributed by atoms with van der Waals surface area (Å²) >= 11 is 11.3. The van der Waals surface area contributed by atoms with E-state index >= 15 is 0 Å². The molecule has 0 N–H and O–H groups in total. The summed E-state index contributed by atoms with van der Waals surface area (Å²) in [5.41, 5.74) is 0. The highest BCUT2D eigenvalue weighted by molar-refractivity contribution is 6.48. The van der Waals surface area contributed by atoms with E-state index in [2.05, 4.69) is 0 Å². The van der Waals surface area contributed by atoms with E-state index in [1.54, 1.807) is 0 Å². The summed E-state index contributed by atoms with van der Waals surface area (Å²) in [5.74, 6) is 0.327. The largest absolute Gasteiger partial charge is 0.293 e. The summed E-state index contributed by atoms with van der Waals surface area (Å²) in [6.45, 7) is 1.99. The highest BCUT2D eigenvalue weighted by Crippen LogP contribution is 2.30. The molecular weight excluding hydrogens is 171 g/mol. The maximum Gasteiger partial charge on any atom is 0.175 e. The van der Waals surface area contributed by atoms with E-state index < -0.39 is 0 Å². The van der Waals surface area contributed by atoms with Gasteiger partial charge < -0.3 is 0 Å². The zero-order valence-electron chi connectivity index (χ0n) is 5.66. The molecule has 0 radical (unpaired) electrons. The van der Waals surface area contributed by atoms with Crippen LogP contribution in [0.5, 0.6) is 0 Å². The van der Waals surface area contributed by atoms with E-state index in [9.17, 15) is 4.79 Å². The maximum atomic E-state index is 10.9. The summed E-state index contributed by atoms with van der Waals surface area (Å²) in [6.07, 6.45) is 1.28. The summed E-state index contributed by atoms with van der Waals surface area (Å²) in [7, 11) is 0. The molecule has 0 saturated heterocycles. The molecule has 0 aromatic rings. The molecule has 0 aliphatic heterocycles. The summed E-state index contributed by atoms with van der Waals surface area (Å²) in [5, 5.41) is 0.755. The first-order valence-corrected chi connectivity index (χ1v) is 3.94. The van der Waals surface area contributed by atoms with Crippen LogP contribution in [0.2, 0.25) is 0 Å². The molecule has 1 aliphatic carbocycles. The van der Waals surface area contributed by atoms with Crippen molar-refractivity contribution in [2.24, 2.45) is 5.92 Å². The van der Waals surface area contributed by atoms with Gasteiger partial charge in [-0.05, 0) is 12.3 Å². The minimum atomic E-state index is -0.0228. The van der Waals surface area contributed by atoms with Crippen molar-refractivity contribution >= 4 is 29.0 Å². The van der Waals surface area contributed by atoms with Gasteiger partial charge in [-0.25, -0.2) is 0 Å². The van der Waals surface area contributed by atoms with Crippen LogP contribution in [0.25, 0.3) is 0 Å². The number of carbonyl (C=O) groups is 1. The number of Topliss-reactive ketones (excluding diaryl/α,β-unsaturated/α-hetero) is 1. The van der Waals surface area contributed by atoms with Crippen LogP contribution in [0.1, 0.15) is 19.8 Å². The van der Waals surface area contributed by atoms with Gasteiger partial charge in [0.05, 0.1) is 5.03 Å². The van der Waals surface area contributed by atoms with Crippen LogP contribution in [0.4, 0.5) is 0 Å². The van der Waals surface area contributed by atoms with Crippen molar-refractivity contribution in [3.05, 3.63) is 10.1 Å². The van der Waals surface area contributed by atoms with Crippen molar-refractivity contribution in [2.45, 2.75) is 19.8 Å². The third kappa shape index (κ3) is 1.53. The van der Waals surface area contributed by atoms with Crippen molar-refractivity contribution in [1.29, 1.82) is 0 Å². The molecule has 0 spiro atoms. The summed E-state index contributed by atoms with van der Waals surface area (Å²) in [4.78, 5) is 10.9. The summed E-state index contributed by atoms with van der Waals surface area (Å²) < 4.78 is 0. The van der Waals surface area contributed by atoms with Crippen LogP contribution in [0, 0.1) is 5.92 Å². The number of carbonyl (C=O) groups excluding carboxylic acids is 1. The number of hydrogen-bond acceptors (Lipinski definition) is 1. The first-order valence-electron chi connectivity index (χ1n) is 3.18. The van der Waals surface area contributed by atoms with Gasteiger partial charge in [0.25, 0.3) is 0 Å². The van der Waals surface area contributed by atoms with E-state index in [1.807, 2.05) is 6.92 Å². The molecule has 0 fully saturated rings. The van der Waals surface area contributed by atoms with Gasteiger partial charge in [-0.2, -0.15) is 0 Å². The second kappa shape index (κ2) is 2.93. The fraction of sp³-hybridized carbons (Fsp3) is 0.571. The molecular formula is C7H8Cl2O. The lowest BCUT2D eigenvalue weighted by molar-refractivity contribution is -0.116. The van der Waals surface area contributed by atoms with Crippen molar-refractivity contribution in [1.82, 2.24) is 0 Å². The van der Waals surface area contributed by atoms with Crippen molar-refractivity contribution in [2.75, 3.05) is 0 Å². The lowest BCUT2D eigenvalue weighted by Crippen LogP contribution is -2.12. The van der Waals surface area contributed by atoms with E-state index in [0.717, 1.165) is 6.42 Å². The van der Waals surface area contributed by atoms with E-state index in [-0.39, 0.29) is 10.8 Å². The Kier molecular flexibility index (Phi) is 2.37. The molecule has 0 aromatic carbocycles. The monoisotopic (exact) mass is 178 g/mol. The van der Waals surface area contributed by atoms with E-state index in [0.29, 0.717) is 17.4 Å². The molecule has 0 amide bonds. The fourth-order valence-corrected chi connectivity index (χ4v) is 1.55. The molecule has 0 saturated carbocycles. The molecule has 3 heteroatoms. The third-order valence-corrected chi connectivity index (χ3v) is 2.42. The van der Waals surface area contributed by atoms with Crippen LogP contribution in [0.3, 0.4) is 0 Å². The van der Waals surface area contributed by atoms with Crippen LogP contribution in [-0.2, 0) is 4.79 Å². The van der Waals surface area contributed by atoms with Gasteiger partial charge in [0, 0.05) is 11.5 Å². The van der Waals surface area contributed by atoms with Gasteiger partial charge in [-0.3, -0.25) is 4.79 Å². The smallest absolute Gasteiger partial charge is 0.175 e. The van der Waals surface area contributed by atoms with Crippen LogP contribution in [0.15, 0.2) is 10.1 Å². The minimum Gasteiger partial charge on any atom is -0.293 e. The molecule has 1 rings (SSSR count). The van der Waals surface area contributed by atoms with E-state index in [1.165, 1.54) is 0 Å². The Morgan fingerprint density at radius 2 is 2.00 bits per heavy atom. The Bertz CT molecular complexity index is 196. The maximum absolute atomic E-state index is 10.9. The normalized spacial score (nSPS) is 27.5. The minimum absolute atomic E-state index is 0.0228. The lowest BCUT2D eigenvalue weighted by Gasteiger charge is -2.15. The van der Waals surface area contributed by atoms with Crippen LogP contribution < -0.4 is 0 Å². The lowest BCUT2D eigenvalue weighted by atomic mass is 9.95. The van der Waals surface area contributed by atoms with Crippen molar-refractivity contribution in [3.8, 4) is 0 Å². The first-order chi connectivity index (χ1) is 4.61. The molecule has 1 aliphatic rings. The second-order valence-electron chi connectivity index (χ2n) is 2.66. The number of ketones is 1. The quantitative estimate of drug-likeness (QED) is 0.558. The summed E-state index contributed by atoms with van der Waals surface area (Å²) in [6, 6.07) is 0. The molecule has 1 atom stereocenters. The first kappa shape index (κ1) is 8.09. The van der Waals surface area contributed by atoms with Crippen LogP contribution in [-0.4, -0.2) is 5.78 Å². The SMILES string of the molecule is CC1CC(=O)C(Cl)=C(Cl)C1. The Morgan fingerprint density at radius 3 is 2.50 bits per heavy atom. The number of halogens is 2. The predicted molar refractivity (Wildman–Crippen MR) is 42.1 cm³/mol. The van der Waals surface area contributed by atoms with Gasteiger partial charge in [-0.15, -0.1) is 0 Å². The second-order valence-corrected chi connectivity index (χ2v) is 3.49. The standard InChI is InChI=1S/C7H8Cl2O/c1-4-2-5(8)7(9)6(10)3-4/h4H,2-3H2,1H3. The average molecular weight is 179 g/mol. The van der Waals surface area contributed by atoms with Crippen LogP contribution >= 0.6 is 23.2 Å². The third-order valence-electron chi connectivity index (χ3n) is 1.54. The fourth-order valence-electron chi connectivity index (χ4n) is 1.03. The van der Waals surface area contributed by atoms with Gasteiger partial charge in [0.1, 0.15) is 0 Å². The highest BCUT2D eigenvalue weighted by Gasteiger charge is 2.22. The predicted octanol–water partition coefficient (Wildman–Crippen LogP) is 2.67. The van der Waals surface area contributed by atoms with Gasteiger partial charge in [-0.1, -0.05) is 30.1 Å². The topological polar surface area (TPSA) is 17.1 Å². The Hall–Kier alpha value is -0.0100. The number of rotatable bonds is 0. The Balaban J connectivity index is 2.85. The van der Waals surface area contributed by atoms with Gasteiger partial charge >= 0.3 is 0 Å². The Labute approximate surface area is 70.0 Å². The number of hydrogen-bond donors (Lipinski definition) is 0. The number of allylic oxidation sites excluding steroid dienone is 2. The molecule has 1 unspecified atom stereocenters. The highest BCUT2D eigenvalue weighted by atomic mass is 35.5. The molecule has 0 heterocycles. The van der Waals surface area contributed by atoms with Crippen molar-refractivity contribution in [3.63, 3.8) is 0 Å². The zero-order valence-corrected chi connectivity index (χ0v) is 7.17.